The molecule has 0 aromatic heterocycles. The van der Waals surface area contributed by atoms with Crippen molar-refractivity contribution in [3.8, 4) is 0 Å². The van der Waals surface area contributed by atoms with E-state index < -0.39 is 0 Å². The summed E-state index contributed by atoms with van der Waals surface area (Å²) in [5.74, 6) is 0. The quantitative estimate of drug-likeness (QED) is 0.374. The van der Waals surface area contributed by atoms with Gasteiger partial charge >= 0.3 is 0 Å². The molecule has 0 amide bonds. The Hall–Kier alpha value is 0.834. The van der Waals surface area contributed by atoms with Crippen molar-refractivity contribution in [3.05, 3.63) is 19.1 Å². The molecule has 0 saturated carbocycles. The largest absolute Gasteiger partial charge is 0.245 e. The maximum atomic E-state index is 3.42. The van der Waals surface area contributed by atoms with Crippen LogP contribution in [0, 0.1) is 6.42 Å². The summed E-state index contributed by atoms with van der Waals surface area (Å²) in [7, 11) is 0. The van der Waals surface area contributed by atoms with Crippen LogP contribution in [0.5, 0.6) is 0 Å². The number of hydrogen-bond acceptors (Lipinski definition) is 0. The van der Waals surface area contributed by atoms with Gasteiger partial charge in [-0.3, -0.25) is 0 Å². The average Bonchev–Trinajstić information content (AvgIpc) is 1.37. The number of allylic oxidation sites excluding steroid dienone is 1. The smallest absolute Gasteiger partial charge is 0 e. The van der Waals surface area contributed by atoms with Gasteiger partial charge in [-0.1, -0.05) is 0 Å². The molecule has 0 aromatic carbocycles. The van der Waals surface area contributed by atoms with Gasteiger partial charge in [-0.15, -0.1) is 30.9 Å². The van der Waals surface area contributed by atoms with Gasteiger partial charge in [-0.2, -0.15) is 0 Å². The Morgan fingerprint density at radius 3 is 1.83 bits per heavy atom. The van der Waals surface area contributed by atoms with E-state index in [0.717, 1.165) is 0 Å². The predicted octanol–water partition coefficient (Wildman–Crippen LogP) is 2.01. The molecule has 0 radical (unpaired) electrons. The van der Waals surface area contributed by atoms with Crippen LogP contribution in [-0.4, -0.2) is 0 Å². The van der Waals surface area contributed by atoms with Crippen LogP contribution in [0.15, 0.2) is 12.7 Å². The van der Waals surface area contributed by atoms with E-state index in [0.29, 0.717) is 0 Å². The first-order valence-electron chi connectivity index (χ1n) is 1.32. The van der Waals surface area contributed by atoms with Crippen molar-refractivity contribution in [1.29, 1.82) is 0 Å². The molecule has 2 heteroatoms. The molecule has 0 aromatic rings. The molecule has 0 fully saturated rings. The molecule has 0 heterocycles. The molecule has 0 rings (SSSR count). The second kappa shape index (κ2) is 17.0. The van der Waals surface area contributed by atoms with E-state index in [9.17, 15) is 0 Å². The maximum absolute atomic E-state index is 3.42. The Morgan fingerprint density at radius 2 is 1.83 bits per heavy atom. The first kappa shape index (κ1) is 15.8. The molecule has 0 aliphatic heterocycles. The van der Waals surface area contributed by atoms with Crippen molar-refractivity contribution in [2.75, 3.05) is 0 Å². The van der Waals surface area contributed by atoms with Gasteiger partial charge in [-0.25, -0.2) is 19.1 Å². The molecular formula is C4H8INi-. The zero-order valence-corrected chi connectivity index (χ0v) is 6.90. The normalized spacial score (nSPS) is 3.50. The van der Waals surface area contributed by atoms with Crippen molar-refractivity contribution in [1.82, 2.24) is 0 Å². The van der Waals surface area contributed by atoms with E-state index in [1.807, 2.05) is 13.3 Å². The van der Waals surface area contributed by atoms with Gasteiger partial charge < -0.3 is 0 Å². The Kier molecular flexibility index (Phi) is 44.8. The van der Waals surface area contributed by atoms with Crippen LogP contribution in [0.4, 0.5) is 0 Å². The third kappa shape index (κ3) is 21.1. The zero-order chi connectivity index (χ0) is 3.41. The number of hydrogen-bond donors (Lipinski definition) is 0. The molecule has 0 unspecified atom stereocenters. The van der Waals surface area contributed by atoms with Crippen molar-refractivity contribution in [2.45, 2.75) is 6.92 Å². The molecule has 0 spiro atoms. The van der Waals surface area contributed by atoms with Gasteiger partial charge in [0.25, 0.3) is 0 Å². The van der Waals surface area contributed by atoms with Gasteiger partial charge in [0.1, 0.15) is 0 Å². The third-order valence-corrected chi connectivity index (χ3v) is 0.236. The van der Waals surface area contributed by atoms with E-state index in [1.54, 1.807) is 6.08 Å². The average molecular weight is 242 g/mol. The van der Waals surface area contributed by atoms with Crippen molar-refractivity contribution in [3.63, 3.8) is 0 Å². The van der Waals surface area contributed by atoms with Gasteiger partial charge in [-0.05, 0) is 0 Å². The van der Waals surface area contributed by atoms with Crippen LogP contribution < -0.4 is 0 Å². The molecule has 0 aliphatic carbocycles. The van der Waals surface area contributed by atoms with Crippen molar-refractivity contribution >= 4 is 24.0 Å². The standard InChI is InChI=1S/C4H7.HI.Ni/c1-3-4-2;;/h3-4H,1H2,2H3;1H;/q-1;;. The molecule has 0 aliphatic rings. The topological polar surface area (TPSA) is 0 Å². The van der Waals surface area contributed by atoms with Crippen molar-refractivity contribution in [2.24, 2.45) is 0 Å². The van der Waals surface area contributed by atoms with Gasteiger partial charge in [0, 0.05) is 16.5 Å². The van der Waals surface area contributed by atoms with Crippen LogP contribution in [0.1, 0.15) is 6.92 Å². The third-order valence-electron chi connectivity index (χ3n) is 0.236. The predicted molar refractivity (Wildman–Crippen MR) is 35.6 cm³/mol. The molecule has 0 nitrogen and oxygen atoms in total. The Bertz CT molecular complexity index is 21.5. The summed E-state index contributed by atoms with van der Waals surface area (Å²) < 4.78 is 0. The summed E-state index contributed by atoms with van der Waals surface area (Å²) in [4.78, 5) is 0. The Morgan fingerprint density at radius 1 is 1.67 bits per heavy atom. The van der Waals surface area contributed by atoms with Gasteiger partial charge in [0.15, 0.2) is 0 Å². The summed E-state index contributed by atoms with van der Waals surface area (Å²) in [6.45, 7) is 5.36. The van der Waals surface area contributed by atoms with Crippen LogP contribution in [-0.2, 0) is 16.5 Å². The summed E-state index contributed by atoms with van der Waals surface area (Å²) in [5, 5.41) is 0. The second-order valence-corrected chi connectivity index (χ2v) is 0.569. The van der Waals surface area contributed by atoms with E-state index in [-0.39, 0.29) is 40.5 Å². The fourth-order valence-electron chi connectivity index (χ4n) is 0. The SMILES string of the molecule is C=C[CH-]C.I.[Ni]. The Balaban J connectivity index is -0.0000000450. The summed E-state index contributed by atoms with van der Waals surface area (Å²) in [6.07, 6.45) is 3.64. The Labute approximate surface area is 66.3 Å². The van der Waals surface area contributed by atoms with Gasteiger partial charge in [0.2, 0.25) is 0 Å². The minimum atomic E-state index is 0. The van der Waals surface area contributed by atoms with E-state index in [2.05, 4.69) is 6.58 Å². The molecule has 42 valence electrons. The molecule has 0 atom stereocenters. The summed E-state index contributed by atoms with van der Waals surface area (Å²) in [5.41, 5.74) is 0. The molecule has 0 N–H and O–H groups in total. The minimum absolute atomic E-state index is 0. The number of halogens is 1. The molecule has 0 bridgehead atoms. The first-order chi connectivity index (χ1) is 1.91. The van der Waals surface area contributed by atoms with Crippen LogP contribution >= 0.6 is 24.0 Å². The van der Waals surface area contributed by atoms with E-state index in [4.69, 9.17) is 0 Å². The van der Waals surface area contributed by atoms with Gasteiger partial charge in [0.05, 0.1) is 0 Å². The molecule has 0 saturated heterocycles. The van der Waals surface area contributed by atoms with Crippen LogP contribution in [0.3, 0.4) is 0 Å². The first-order valence-corrected chi connectivity index (χ1v) is 1.32. The van der Waals surface area contributed by atoms with E-state index >= 15 is 0 Å². The monoisotopic (exact) mass is 241 g/mol. The number of rotatable bonds is 1. The fraction of sp³-hybridized carbons (Fsp3) is 0.250. The maximum Gasteiger partial charge on any atom is 0 e. The van der Waals surface area contributed by atoms with Crippen LogP contribution in [0.25, 0.3) is 0 Å². The summed E-state index contributed by atoms with van der Waals surface area (Å²) in [6, 6.07) is 0. The molecular weight excluding hydrogens is 234 g/mol. The molecule has 6 heavy (non-hydrogen) atoms. The van der Waals surface area contributed by atoms with Crippen molar-refractivity contribution < 1.29 is 16.5 Å². The zero-order valence-electron chi connectivity index (χ0n) is 3.59. The van der Waals surface area contributed by atoms with Crippen LogP contribution in [0.2, 0.25) is 0 Å². The second-order valence-electron chi connectivity index (χ2n) is 0.569. The minimum Gasteiger partial charge on any atom is -0.245 e. The summed E-state index contributed by atoms with van der Waals surface area (Å²) >= 11 is 0. The van der Waals surface area contributed by atoms with E-state index in [1.165, 1.54) is 0 Å². The fourth-order valence-corrected chi connectivity index (χ4v) is 0.